The highest BCUT2D eigenvalue weighted by molar-refractivity contribution is 7.99. The minimum atomic E-state index is -0.529. The number of nitrogens with zero attached hydrogens (tertiary/aromatic N) is 4. The zero-order chi connectivity index (χ0) is 22.4. The fourth-order valence-corrected chi connectivity index (χ4v) is 3.81. The van der Waals surface area contributed by atoms with E-state index in [2.05, 4.69) is 15.5 Å². The number of nitrogens with one attached hydrogen (secondary N) is 1. The molecule has 162 valence electrons. The van der Waals surface area contributed by atoms with Crippen LogP contribution in [0.1, 0.15) is 31.3 Å². The summed E-state index contributed by atoms with van der Waals surface area (Å²) in [6.07, 6.45) is -0.329. The Kier molecular flexibility index (Phi) is 7.24. The van der Waals surface area contributed by atoms with Gasteiger partial charge < -0.3 is 14.6 Å². The number of ether oxygens (including phenoxy) is 1. The number of carbonyl (C=O) groups is 1. The summed E-state index contributed by atoms with van der Waals surface area (Å²) < 4.78 is 7.89. The molecule has 10 heteroatoms. The number of rotatable bonds is 9. The van der Waals surface area contributed by atoms with Gasteiger partial charge in [0.1, 0.15) is 11.4 Å². The molecule has 0 radical (unpaired) electrons. The number of nitro groups is 1. The summed E-state index contributed by atoms with van der Waals surface area (Å²) in [5, 5.41) is 22.7. The van der Waals surface area contributed by atoms with E-state index in [-0.39, 0.29) is 29.1 Å². The zero-order valence-corrected chi connectivity index (χ0v) is 18.3. The van der Waals surface area contributed by atoms with Crippen LogP contribution in [0, 0.1) is 17.0 Å². The number of para-hydroxylation sites is 2. The van der Waals surface area contributed by atoms with Gasteiger partial charge >= 0.3 is 0 Å². The van der Waals surface area contributed by atoms with Crippen molar-refractivity contribution < 1.29 is 14.5 Å². The van der Waals surface area contributed by atoms with E-state index >= 15 is 0 Å². The first-order chi connectivity index (χ1) is 14.9. The second-order valence-corrected chi connectivity index (χ2v) is 7.72. The zero-order valence-electron chi connectivity index (χ0n) is 17.4. The monoisotopic (exact) mass is 441 g/mol. The number of benzene rings is 2. The molecule has 0 fully saturated rings. The molecule has 1 heterocycles. The standard InChI is InChI=1S/C21H23N5O4S/c1-4-25-20(15(3)30-16-9-7-8-14(2)12-16)23-24-21(25)31-13-19(27)22-17-10-5-6-11-18(17)26(28)29/h5-12,15H,4,13H2,1-3H3,(H,22,27). The normalized spacial score (nSPS) is 11.7. The van der Waals surface area contributed by atoms with Crippen molar-refractivity contribution in [1.29, 1.82) is 0 Å². The Morgan fingerprint density at radius 1 is 1.26 bits per heavy atom. The van der Waals surface area contributed by atoms with E-state index in [1.165, 1.54) is 23.9 Å². The number of thioether (sulfide) groups is 1. The van der Waals surface area contributed by atoms with Crippen LogP contribution in [0.5, 0.6) is 5.75 Å². The van der Waals surface area contributed by atoms with E-state index in [1.54, 1.807) is 12.1 Å². The molecular formula is C21H23N5O4S. The maximum absolute atomic E-state index is 12.3. The van der Waals surface area contributed by atoms with Gasteiger partial charge in [-0.25, -0.2) is 0 Å². The minimum absolute atomic E-state index is 0.0390. The predicted octanol–water partition coefficient (Wildman–Crippen LogP) is 4.39. The van der Waals surface area contributed by atoms with Gasteiger partial charge in [0, 0.05) is 12.6 Å². The van der Waals surface area contributed by atoms with Gasteiger partial charge in [-0.1, -0.05) is 36.0 Å². The lowest BCUT2D eigenvalue weighted by molar-refractivity contribution is -0.383. The van der Waals surface area contributed by atoms with Gasteiger partial charge in [0.2, 0.25) is 5.91 Å². The third-order valence-corrected chi connectivity index (χ3v) is 5.40. The first-order valence-corrected chi connectivity index (χ1v) is 10.7. The molecule has 1 amide bonds. The lowest BCUT2D eigenvalue weighted by Gasteiger charge is -2.16. The molecule has 9 nitrogen and oxygen atoms in total. The lowest BCUT2D eigenvalue weighted by atomic mass is 10.2. The summed E-state index contributed by atoms with van der Waals surface area (Å²) in [5.74, 6) is 1.08. The first kappa shape index (κ1) is 22.3. The van der Waals surface area contributed by atoms with Gasteiger partial charge in [-0.05, 0) is 44.5 Å². The van der Waals surface area contributed by atoms with E-state index in [9.17, 15) is 14.9 Å². The molecule has 1 N–H and O–H groups in total. The third-order valence-electron chi connectivity index (χ3n) is 4.43. The summed E-state index contributed by atoms with van der Waals surface area (Å²) in [7, 11) is 0. The van der Waals surface area contributed by atoms with Gasteiger partial charge in [0.05, 0.1) is 10.7 Å². The Bertz CT molecular complexity index is 1090. The highest BCUT2D eigenvalue weighted by Gasteiger charge is 2.20. The molecule has 0 saturated carbocycles. The Labute approximate surface area is 184 Å². The topological polar surface area (TPSA) is 112 Å². The molecule has 31 heavy (non-hydrogen) atoms. The largest absolute Gasteiger partial charge is 0.483 e. The van der Waals surface area contributed by atoms with E-state index < -0.39 is 4.92 Å². The average molecular weight is 442 g/mol. The smallest absolute Gasteiger partial charge is 0.292 e. The van der Waals surface area contributed by atoms with E-state index in [4.69, 9.17) is 4.74 Å². The molecule has 0 aliphatic rings. The third kappa shape index (κ3) is 5.60. The number of amides is 1. The molecule has 3 aromatic rings. The molecule has 2 aromatic carbocycles. The Morgan fingerprint density at radius 2 is 2.03 bits per heavy atom. The van der Waals surface area contributed by atoms with Crippen molar-refractivity contribution in [2.45, 2.75) is 38.6 Å². The summed E-state index contributed by atoms with van der Waals surface area (Å²) in [6.45, 7) is 6.46. The van der Waals surface area contributed by atoms with Crippen LogP contribution in [0.2, 0.25) is 0 Å². The number of hydrogen-bond donors (Lipinski definition) is 1. The lowest BCUT2D eigenvalue weighted by Crippen LogP contribution is -2.16. The van der Waals surface area contributed by atoms with Gasteiger partial charge in [-0.15, -0.1) is 10.2 Å². The predicted molar refractivity (Wildman–Crippen MR) is 118 cm³/mol. The number of anilines is 1. The van der Waals surface area contributed by atoms with Gasteiger partial charge in [-0.3, -0.25) is 14.9 Å². The summed E-state index contributed by atoms with van der Waals surface area (Å²) in [6, 6.07) is 13.8. The van der Waals surface area contributed by atoms with Crippen molar-refractivity contribution in [2.75, 3.05) is 11.1 Å². The average Bonchev–Trinajstić information content (AvgIpc) is 3.15. The minimum Gasteiger partial charge on any atom is -0.483 e. The molecule has 1 unspecified atom stereocenters. The van der Waals surface area contributed by atoms with Crippen LogP contribution in [0.25, 0.3) is 0 Å². The molecular weight excluding hydrogens is 418 g/mol. The van der Waals surface area contributed by atoms with E-state index in [0.717, 1.165) is 11.3 Å². The van der Waals surface area contributed by atoms with Gasteiger partial charge in [0.15, 0.2) is 17.1 Å². The Hall–Kier alpha value is -3.40. The SMILES string of the molecule is CCn1c(SCC(=O)Nc2ccccc2[N+](=O)[O-])nnc1C(C)Oc1cccc(C)c1. The van der Waals surface area contributed by atoms with Crippen molar-refractivity contribution >= 4 is 29.0 Å². The first-order valence-electron chi connectivity index (χ1n) is 9.71. The Morgan fingerprint density at radius 3 is 2.74 bits per heavy atom. The summed E-state index contributed by atoms with van der Waals surface area (Å²) >= 11 is 1.21. The van der Waals surface area contributed by atoms with Crippen molar-refractivity contribution in [3.63, 3.8) is 0 Å². The van der Waals surface area contributed by atoms with Crippen LogP contribution in [-0.2, 0) is 11.3 Å². The highest BCUT2D eigenvalue weighted by atomic mass is 32.2. The second kappa shape index (κ2) is 10.1. The van der Waals surface area contributed by atoms with Crippen molar-refractivity contribution in [3.8, 4) is 5.75 Å². The van der Waals surface area contributed by atoms with Crippen molar-refractivity contribution in [2.24, 2.45) is 0 Å². The Balaban J connectivity index is 1.65. The number of carbonyl (C=O) groups excluding carboxylic acids is 1. The molecule has 0 aliphatic heterocycles. The number of hydrogen-bond acceptors (Lipinski definition) is 7. The van der Waals surface area contributed by atoms with E-state index in [1.807, 2.05) is 49.6 Å². The van der Waals surface area contributed by atoms with Crippen molar-refractivity contribution in [3.05, 3.63) is 70.0 Å². The number of nitro benzene ring substituents is 1. The van der Waals surface area contributed by atoms with Crippen LogP contribution in [-0.4, -0.2) is 31.3 Å². The maximum Gasteiger partial charge on any atom is 0.292 e. The van der Waals surface area contributed by atoms with E-state index in [0.29, 0.717) is 17.5 Å². The van der Waals surface area contributed by atoms with Gasteiger partial charge in [-0.2, -0.15) is 0 Å². The molecule has 1 aromatic heterocycles. The number of aromatic nitrogens is 3. The van der Waals surface area contributed by atoms with Crippen molar-refractivity contribution in [1.82, 2.24) is 14.8 Å². The van der Waals surface area contributed by atoms with Crippen LogP contribution in [0.15, 0.2) is 53.7 Å². The van der Waals surface area contributed by atoms with Crippen LogP contribution in [0.4, 0.5) is 11.4 Å². The maximum atomic E-state index is 12.3. The quantitative estimate of drug-likeness (QED) is 0.298. The molecule has 3 rings (SSSR count). The van der Waals surface area contributed by atoms with Crippen LogP contribution in [0.3, 0.4) is 0 Å². The number of aryl methyl sites for hydroxylation is 1. The summed E-state index contributed by atoms with van der Waals surface area (Å²) in [4.78, 5) is 22.9. The molecule has 0 saturated heterocycles. The van der Waals surface area contributed by atoms with Crippen LogP contribution < -0.4 is 10.1 Å². The van der Waals surface area contributed by atoms with Crippen LogP contribution >= 0.6 is 11.8 Å². The van der Waals surface area contributed by atoms with Gasteiger partial charge in [0.25, 0.3) is 5.69 Å². The second-order valence-electron chi connectivity index (χ2n) is 6.77. The fraction of sp³-hybridized carbons (Fsp3) is 0.286. The molecule has 1 atom stereocenters. The highest BCUT2D eigenvalue weighted by Crippen LogP contribution is 2.26. The summed E-state index contributed by atoms with van der Waals surface area (Å²) in [5.41, 5.74) is 1.11. The molecule has 0 bridgehead atoms. The fourth-order valence-electron chi connectivity index (χ4n) is 3.01. The molecule has 0 aliphatic carbocycles. The molecule has 0 spiro atoms.